The second-order valence-corrected chi connectivity index (χ2v) is 9.44. The van der Waals surface area contributed by atoms with Crippen LogP contribution in [0.15, 0.2) is 16.5 Å². The monoisotopic (exact) mass is 456 g/mol. The van der Waals surface area contributed by atoms with Crippen LogP contribution in [0.2, 0.25) is 5.02 Å². The molecular weight excluding hydrogens is 432 g/mol. The number of aromatic nitrogens is 1. The smallest absolute Gasteiger partial charge is 0.303 e. The van der Waals surface area contributed by atoms with Gasteiger partial charge in [-0.2, -0.15) is 0 Å². The Balaban J connectivity index is 0.000000321. The van der Waals surface area contributed by atoms with Gasteiger partial charge in [0.2, 0.25) is 0 Å². The highest BCUT2D eigenvalue weighted by molar-refractivity contribution is 8.00. The second kappa shape index (κ2) is 11.5. The van der Waals surface area contributed by atoms with Crippen LogP contribution in [-0.4, -0.2) is 40.2 Å². The molecule has 2 aromatic rings. The van der Waals surface area contributed by atoms with Gasteiger partial charge in [0.1, 0.15) is 0 Å². The topological polar surface area (TPSA) is 99.5 Å². The number of nitrogens with one attached hydrogen (secondary N) is 1. The molecule has 1 aliphatic heterocycles. The second-order valence-electron chi connectivity index (χ2n) is 6.61. The van der Waals surface area contributed by atoms with Gasteiger partial charge in [0.15, 0.2) is 4.34 Å². The van der Waals surface area contributed by atoms with Crippen molar-refractivity contribution >= 4 is 46.6 Å². The molecule has 29 heavy (non-hydrogen) atoms. The summed E-state index contributed by atoms with van der Waals surface area (Å²) in [5.41, 5.74) is 5.34. The number of fused-ring (bicyclic) bond motifs is 1. The van der Waals surface area contributed by atoms with Gasteiger partial charge in [-0.25, -0.2) is 4.98 Å². The van der Waals surface area contributed by atoms with Crippen molar-refractivity contribution in [3.63, 3.8) is 0 Å². The molecule has 0 atom stereocenters. The van der Waals surface area contributed by atoms with Crippen molar-refractivity contribution in [3.05, 3.63) is 44.4 Å². The maximum Gasteiger partial charge on any atom is 0.303 e. The number of hydrogen-bond acceptors (Lipinski definition) is 6. The maximum atomic E-state index is 9.64. The molecule has 9 heteroatoms. The molecule has 3 rings (SSSR count). The van der Waals surface area contributed by atoms with Gasteiger partial charge < -0.3 is 15.5 Å². The van der Waals surface area contributed by atoms with E-state index in [-0.39, 0.29) is 12.8 Å². The first-order chi connectivity index (χ1) is 13.8. The molecule has 2 heterocycles. The van der Waals surface area contributed by atoms with Gasteiger partial charge in [-0.05, 0) is 62.5 Å². The normalized spacial score (nSPS) is 13.1. The number of thiazole rings is 1. The molecule has 0 fully saturated rings. The minimum Gasteiger partial charge on any atom is -0.481 e. The number of nitrogens with zero attached hydrogens (tertiary/aromatic N) is 1. The Morgan fingerprint density at radius 3 is 2.41 bits per heavy atom. The summed E-state index contributed by atoms with van der Waals surface area (Å²) in [7, 11) is 0. The molecule has 158 valence electrons. The molecule has 3 N–H and O–H groups in total. The highest BCUT2D eigenvalue weighted by atomic mass is 35.5. The van der Waals surface area contributed by atoms with E-state index in [2.05, 4.69) is 36.3 Å². The van der Waals surface area contributed by atoms with Gasteiger partial charge in [0, 0.05) is 15.7 Å². The lowest BCUT2D eigenvalue weighted by molar-refractivity contribution is -0.143. The third-order valence-corrected chi connectivity index (χ3v) is 7.09. The lowest BCUT2D eigenvalue weighted by Crippen LogP contribution is -2.16. The third kappa shape index (κ3) is 7.62. The minimum absolute atomic E-state index is 0.296. The maximum absolute atomic E-state index is 9.64. The van der Waals surface area contributed by atoms with Gasteiger partial charge in [-0.15, -0.1) is 11.3 Å². The van der Waals surface area contributed by atoms with Crippen LogP contribution < -0.4 is 5.32 Å². The lowest BCUT2D eigenvalue weighted by atomic mass is 9.98. The number of halogens is 1. The SMILES string of the molecule is Cc1nc(SCc2c(Cl)ccc3c2CCNCC3)sc1C.O=C(O)CCC(=O)O. The van der Waals surface area contributed by atoms with Crippen LogP contribution >= 0.6 is 34.7 Å². The van der Waals surface area contributed by atoms with Crippen molar-refractivity contribution < 1.29 is 19.8 Å². The molecule has 0 amide bonds. The van der Waals surface area contributed by atoms with Crippen molar-refractivity contribution in [3.8, 4) is 0 Å². The Bertz CT molecular complexity index is 837. The van der Waals surface area contributed by atoms with Crippen molar-refractivity contribution in [1.29, 1.82) is 0 Å². The number of hydrogen-bond donors (Lipinski definition) is 3. The van der Waals surface area contributed by atoms with Crippen LogP contribution in [0.4, 0.5) is 0 Å². The number of carbonyl (C=O) groups is 2. The van der Waals surface area contributed by atoms with Crippen molar-refractivity contribution in [2.24, 2.45) is 0 Å². The van der Waals surface area contributed by atoms with E-state index in [9.17, 15) is 9.59 Å². The Morgan fingerprint density at radius 2 is 1.83 bits per heavy atom. The van der Waals surface area contributed by atoms with E-state index in [4.69, 9.17) is 21.8 Å². The molecule has 0 unspecified atom stereocenters. The van der Waals surface area contributed by atoms with Crippen molar-refractivity contribution in [1.82, 2.24) is 10.3 Å². The highest BCUT2D eigenvalue weighted by Gasteiger charge is 2.15. The van der Waals surface area contributed by atoms with Gasteiger partial charge in [0.25, 0.3) is 0 Å². The van der Waals surface area contributed by atoms with Crippen LogP contribution in [0, 0.1) is 13.8 Å². The van der Waals surface area contributed by atoms with E-state index >= 15 is 0 Å². The molecule has 0 radical (unpaired) electrons. The van der Waals surface area contributed by atoms with E-state index in [1.54, 1.807) is 23.1 Å². The fourth-order valence-corrected chi connectivity index (χ4v) is 5.38. The Morgan fingerprint density at radius 1 is 1.17 bits per heavy atom. The minimum atomic E-state index is -1.08. The number of aliphatic carboxylic acids is 2. The molecule has 0 saturated carbocycles. The molecule has 0 bridgehead atoms. The average molecular weight is 457 g/mol. The zero-order valence-corrected chi connectivity index (χ0v) is 18.8. The molecule has 1 aliphatic rings. The predicted octanol–water partition coefficient (Wildman–Crippen LogP) is 4.33. The summed E-state index contributed by atoms with van der Waals surface area (Å²) < 4.78 is 1.14. The highest BCUT2D eigenvalue weighted by Crippen LogP contribution is 2.34. The number of rotatable bonds is 6. The number of thioether (sulfide) groups is 1. The third-order valence-electron chi connectivity index (χ3n) is 4.50. The van der Waals surface area contributed by atoms with Crippen LogP contribution in [0.25, 0.3) is 0 Å². The first-order valence-corrected chi connectivity index (χ1v) is 11.5. The van der Waals surface area contributed by atoms with Gasteiger partial charge >= 0.3 is 11.9 Å². The Kier molecular flexibility index (Phi) is 9.42. The summed E-state index contributed by atoms with van der Waals surface area (Å²) >= 11 is 10.0. The van der Waals surface area contributed by atoms with E-state index in [0.717, 1.165) is 46.7 Å². The van der Waals surface area contributed by atoms with Crippen LogP contribution in [0.3, 0.4) is 0 Å². The van der Waals surface area contributed by atoms with Crippen molar-refractivity contribution in [2.75, 3.05) is 13.1 Å². The fourth-order valence-electron chi connectivity index (χ4n) is 2.83. The number of carboxylic acids is 2. The Hall–Kier alpha value is -1.61. The molecule has 0 spiro atoms. The largest absolute Gasteiger partial charge is 0.481 e. The number of aryl methyl sites for hydroxylation is 2. The predicted molar refractivity (Wildman–Crippen MR) is 117 cm³/mol. The first-order valence-electron chi connectivity index (χ1n) is 9.28. The summed E-state index contributed by atoms with van der Waals surface area (Å²) in [6.07, 6.45) is 1.58. The van der Waals surface area contributed by atoms with Gasteiger partial charge in [-0.1, -0.05) is 29.4 Å². The molecular formula is C20H25ClN2O4S2. The van der Waals surface area contributed by atoms with Gasteiger partial charge in [0.05, 0.1) is 18.5 Å². The first kappa shape index (κ1) is 23.7. The summed E-state index contributed by atoms with van der Waals surface area (Å²) in [6.45, 7) is 6.31. The molecule has 0 saturated heterocycles. The number of carboxylic acid groups (broad SMARTS) is 2. The average Bonchev–Trinajstić information content (AvgIpc) is 2.85. The zero-order chi connectivity index (χ0) is 21.4. The van der Waals surface area contributed by atoms with E-state index < -0.39 is 11.9 Å². The molecule has 1 aromatic heterocycles. The Labute approximate surface area is 183 Å². The van der Waals surface area contributed by atoms with Crippen molar-refractivity contribution in [2.45, 2.75) is 49.6 Å². The number of benzene rings is 1. The molecule has 0 aliphatic carbocycles. The molecule has 1 aromatic carbocycles. The van der Waals surface area contributed by atoms with E-state index in [1.807, 2.05) is 0 Å². The van der Waals surface area contributed by atoms with Crippen LogP contribution in [0.1, 0.15) is 40.1 Å². The van der Waals surface area contributed by atoms with E-state index in [1.165, 1.54) is 21.6 Å². The summed E-state index contributed by atoms with van der Waals surface area (Å²) in [5.74, 6) is -1.24. The molecule has 6 nitrogen and oxygen atoms in total. The standard InChI is InChI=1S/C16H19ClN2S2.C4H6O4/c1-10-11(2)21-16(19-10)20-9-14-13-6-8-18-7-5-12(13)3-4-15(14)17;5-3(6)1-2-4(7)8/h3-4,18H,5-9H2,1-2H3;1-2H2,(H,5,6)(H,7,8). The van der Waals surface area contributed by atoms with E-state index in [0.29, 0.717) is 0 Å². The van der Waals surface area contributed by atoms with Crippen LogP contribution in [0.5, 0.6) is 0 Å². The summed E-state index contributed by atoms with van der Waals surface area (Å²) in [5, 5.41) is 20.2. The van der Waals surface area contributed by atoms with Crippen LogP contribution in [-0.2, 0) is 28.2 Å². The summed E-state index contributed by atoms with van der Waals surface area (Å²) in [6, 6.07) is 4.25. The summed E-state index contributed by atoms with van der Waals surface area (Å²) in [4.78, 5) is 25.2. The lowest BCUT2D eigenvalue weighted by Gasteiger charge is -2.13. The fraction of sp³-hybridized carbons (Fsp3) is 0.450. The quantitative estimate of drug-likeness (QED) is 0.556. The van der Waals surface area contributed by atoms with Gasteiger partial charge in [-0.3, -0.25) is 9.59 Å². The zero-order valence-electron chi connectivity index (χ0n) is 16.5.